The van der Waals surface area contributed by atoms with Gasteiger partial charge >= 0.3 is 5.76 Å². The van der Waals surface area contributed by atoms with Crippen molar-refractivity contribution in [2.45, 2.75) is 19.0 Å². The molecule has 1 amide bonds. The maximum absolute atomic E-state index is 13.0. The molecule has 140 valence electrons. The normalized spacial score (nSPS) is 18.1. The minimum absolute atomic E-state index is 0.0373. The molecule has 0 spiro atoms. The fraction of sp³-hybridized carbons (Fsp3) is 0.333. The Labute approximate surface area is 157 Å². The van der Waals surface area contributed by atoms with Crippen molar-refractivity contribution < 1.29 is 9.21 Å². The van der Waals surface area contributed by atoms with E-state index in [-0.39, 0.29) is 18.4 Å². The summed E-state index contributed by atoms with van der Waals surface area (Å²) in [5.41, 5.74) is 2.42. The van der Waals surface area contributed by atoms with E-state index in [1.807, 2.05) is 41.3 Å². The van der Waals surface area contributed by atoms with E-state index in [1.165, 1.54) is 0 Å². The lowest BCUT2D eigenvalue weighted by Crippen LogP contribution is -2.49. The molecule has 1 aliphatic heterocycles. The van der Waals surface area contributed by atoms with Crippen molar-refractivity contribution in [1.29, 1.82) is 0 Å². The number of hydrogen-bond acceptors (Lipinski definition) is 4. The summed E-state index contributed by atoms with van der Waals surface area (Å²) in [6, 6.07) is 17.5. The van der Waals surface area contributed by atoms with Gasteiger partial charge in [0.1, 0.15) is 0 Å². The number of amides is 1. The fourth-order valence-corrected chi connectivity index (χ4v) is 3.76. The van der Waals surface area contributed by atoms with Gasteiger partial charge in [0.2, 0.25) is 5.91 Å². The minimum atomic E-state index is -0.415. The molecular formula is C21H23N3O3. The molecule has 6 heteroatoms. The number of aryl methyl sites for hydroxylation is 1. The molecule has 3 aromatic rings. The van der Waals surface area contributed by atoms with Crippen LogP contribution in [0.1, 0.15) is 18.0 Å². The standard InChI is InChI=1S/C21H23N3O3/c1-22-13-14-23(18(15-22)16-7-3-2-4-8-16)20(25)11-12-24-17-9-5-6-10-19(17)27-21(24)26/h2-10,18H,11-15H2,1H3. The van der Waals surface area contributed by atoms with Crippen molar-refractivity contribution in [3.8, 4) is 0 Å². The van der Waals surface area contributed by atoms with E-state index in [4.69, 9.17) is 4.42 Å². The predicted octanol–water partition coefficient (Wildman–Crippen LogP) is 2.50. The van der Waals surface area contributed by atoms with Gasteiger partial charge in [-0.15, -0.1) is 0 Å². The molecule has 2 aromatic carbocycles. The number of rotatable bonds is 4. The number of oxazole rings is 1. The van der Waals surface area contributed by atoms with E-state index in [2.05, 4.69) is 24.1 Å². The summed E-state index contributed by atoms with van der Waals surface area (Å²) < 4.78 is 6.80. The number of hydrogen-bond donors (Lipinski definition) is 0. The zero-order valence-electron chi connectivity index (χ0n) is 15.4. The van der Waals surface area contributed by atoms with Gasteiger partial charge in [-0.1, -0.05) is 42.5 Å². The SMILES string of the molecule is CN1CCN(C(=O)CCn2c(=O)oc3ccccc32)C(c2ccccc2)C1. The first-order valence-corrected chi connectivity index (χ1v) is 9.25. The topological polar surface area (TPSA) is 58.7 Å². The van der Waals surface area contributed by atoms with Crippen molar-refractivity contribution in [1.82, 2.24) is 14.4 Å². The molecular weight excluding hydrogens is 342 g/mol. The van der Waals surface area contributed by atoms with Crippen molar-refractivity contribution >= 4 is 17.0 Å². The van der Waals surface area contributed by atoms with Gasteiger partial charge in [0.05, 0.1) is 11.6 Å². The first kappa shape index (κ1) is 17.5. The fourth-order valence-electron chi connectivity index (χ4n) is 3.76. The summed E-state index contributed by atoms with van der Waals surface area (Å²) in [6.07, 6.45) is 0.274. The van der Waals surface area contributed by atoms with Gasteiger partial charge in [-0.25, -0.2) is 4.79 Å². The number of aromatic nitrogens is 1. The lowest BCUT2D eigenvalue weighted by molar-refractivity contribution is -0.136. The summed E-state index contributed by atoms with van der Waals surface area (Å²) in [5.74, 6) is -0.351. The summed E-state index contributed by atoms with van der Waals surface area (Å²) in [7, 11) is 2.08. The van der Waals surface area contributed by atoms with Crippen molar-refractivity contribution in [3.63, 3.8) is 0 Å². The maximum atomic E-state index is 13.0. The van der Waals surface area contributed by atoms with E-state index in [0.29, 0.717) is 18.7 Å². The number of nitrogens with zero attached hydrogens (tertiary/aromatic N) is 3. The highest BCUT2D eigenvalue weighted by Gasteiger charge is 2.30. The van der Waals surface area contributed by atoms with E-state index in [9.17, 15) is 9.59 Å². The van der Waals surface area contributed by atoms with Crippen LogP contribution in [0, 0.1) is 0 Å². The molecule has 0 radical (unpaired) electrons. The van der Waals surface area contributed by atoms with Gasteiger partial charge < -0.3 is 14.2 Å². The highest BCUT2D eigenvalue weighted by atomic mass is 16.4. The van der Waals surface area contributed by atoms with Crippen LogP contribution >= 0.6 is 0 Å². The van der Waals surface area contributed by atoms with Crippen LogP contribution in [0.25, 0.3) is 11.1 Å². The first-order chi connectivity index (χ1) is 13.1. The lowest BCUT2D eigenvalue weighted by Gasteiger charge is -2.40. The second-order valence-corrected chi connectivity index (χ2v) is 7.01. The molecule has 1 atom stereocenters. The molecule has 2 heterocycles. The maximum Gasteiger partial charge on any atom is 0.419 e. The number of para-hydroxylation sites is 2. The second-order valence-electron chi connectivity index (χ2n) is 7.01. The smallest absolute Gasteiger partial charge is 0.408 e. The number of fused-ring (bicyclic) bond motifs is 1. The number of benzene rings is 2. The van der Waals surface area contributed by atoms with Crippen LogP contribution in [0.2, 0.25) is 0 Å². The zero-order valence-corrected chi connectivity index (χ0v) is 15.4. The Balaban J connectivity index is 1.52. The van der Waals surface area contributed by atoms with Crippen LogP contribution in [-0.2, 0) is 11.3 Å². The Morgan fingerprint density at radius 2 is 1.81 bits per heavy atom. The van der Waals surface area contributed by atoms with Crippen LogP contribution in [-0.4, -0.2) is 47.0 Å². The highest BCUT2D eigenvalue weighted by molar-refractivity contribution is 5.77. The largest absolute Gasteiger partial charge is 0.419 e. The van der Waals surface area contributed by atoms with Crippen LogP contribution < -0.4 is 5.76 Å². The van der Waals surface area contributed by atoms with Gasteiger partial charge in [0.25, 0.3) is 0 Å². The zero-order chi connectivity index (χ0) is 18.8. The molecule has 0 bridgehead atoms. The Morgan fingerprint density at radius 1 is 1.07 bits per heavy atom. The van der Waals surface area contributed by atoms with Crippen LogP contribution in [0.3, 0.4) is 0 Å². The van der Waals surface area contributed by atoms with Gasteiger partial charge in [-0.05, 0) is 24.7 Å². The molecule has 1 fully saturated rings. The Morgan fingerprint density at radius 3 is 2.63 bits per heavy atom. The van der Waals surface area contributed by atoms with Crippen LogP contribution in [0.5, 0.6) is 0 Å². The van der Waals surface area contributed by atoms with Gasteiger partial charge in [0, 0.05) is 32.6 Å². The van der Waals surface area contributed by atoms with Crippen LogP contribution in [0.15, 0.2) is 63.8 Å². The number of carbonyl (C=O) groups excluding carboxylic acids is 1. The average Bonchev–Trinajstić information content (AvgIpc) is 3.01. The third-order valence-corrected chi connectivity index (χ3v) is 5.21. The molecule has 0 aliphatic carbocycles. The summed E-state index contributed by atoms with van der Waals surface area (Å²) in [4.78, 5) is 29.3. The summed E-state index contributed by atoms with van der Waals surface area (Å²) >= 11 is 0. The summed E-state index contributed by atoms with van der Waals surface area (Å²) in [5, 5.41) is 0. The first-order valence-electron chi connectivity index (χ1n) is 9.25. The van der Waals surface area contributed by atoms with Crippen molar-refractivity contribution in [3.05, 3.63) is 70.7 Å². The molecule has 0 saturated carbocycles. The molecule has 1 unspecified atom stereocenters. The molecule has 1 saturated heterocycles. The number of carbonyl (C=O) groups is 1. The van der Waals surface area contributed by atoms with E-state index >= 15 is 0 Å². The lowest BCUT2D eigenvalue weighted by atomic mass is 10.0. The average molecular weight is 365 g/mol. The van der Waals surface area contributed by atoms with Crippen LogP contribution in [0.4, 0.5) is 0 Å². The quantitative estimate of drug-likeness (QED) is 0.713. The predicted molar refractivity (Wildman–Crippen MR) is 103 cm³/mol. The highest BCUT2D eigenvalue weighted by Crippen LogP contribution is 2.25. The van der Waals surface area contributed by atoms with Gasteiger partial charge in [-0.3, -0.25) is 9.36 Å². The molecule has 6 nitrogen and oxygen atoms in total. The second kappa shape index (κ2) is 7.40. The van der Waals surface area contributed by atoms with E-state index in [0.717, 1.165) is 24.2 Å². The van der Waals surface area contributed by atoms with Crippen molar-refractivity contribution in [2.24, 2.45) is 0 Å². The third-order valence-electron chi connectivity index (χ3n) is 5.21. The Hall–Kier alpha value is -2.86. The molecule has 27 heavy (non-hydrogen) atoms. The van der Waals surface area contributed by atoms with E-state index < -0.39 is 5.76 Å². The third kappa shape index (κ3) is 3.53. The molecule has 1 aromatic heterocycles. The van der Waals surface area contributed by atoms with Gasteiger partial charge in [0.15, 0.2) is 5.58 Å². The minimum Gasteiger partial charge on any atom is -0.408 e. The molecule has 1 aliphatic rings. The Bertz CT molecular complexity index is 993. The monoisotopic (exact) mass is 365 g/mol. The summed E-state index contributed by atoms with van der Waals surface area (Å²) in [6.45, 7) is 2.67. The molecule has 4 rings (SSSR count). The Kier molecular flexibility index (Phi) is 4.81. The van der Waals surface area contributed by atoms with E-state index in [1.54, 1.807) is 10.6 Å². The van der Waals surface area contributed by atoms with Gasteiger partial charge in [-0.2, -0.15) is 0 Å². The number of piperazine rings is 1. The number of likely N-dealkylation sites (N-methyl/N-ethyl adjacent to an activating group) is 1. The van der Waals surface area contributed by atoms with Crippen molar-refractivity contribution in [2.75, 3.05) is 26.7 Å². The molecule has 0 N–H and O–H groups in total.